The van der Waals surface area contributed by atoms with Crippen molar-refractivity contribution in [3.05, 3.63) is 59.7 Å². The van der Waals surface area contributed by atoms with Crippen LogP contribution in [0.15, 0.2) is 48.5 Å². The third kappa shape index (κ3) is 5.43. The topological polar surface area (TPSA) is 128 Å². The Hall–Kier alpha value is -3.43. The van der Waals surface area contributed by atoms with E-state index in [1.54, 1.807) is 19.0 Å². The second-order valence-electron chi connectivity index (χ2n) is 7.88. The van der Waals surface area contributed by atoms with Gasteiger partial charge in [-0.15, -0.1) is 0 Å². The smallest absolute Gasteiger partial charge is 0.407 e. The molecule has 0 saturated heterocycles. The molecule has 0 heterocycles. The molecule has 9 nitrogen and oxygen atoms in total. The number of fused-ring (bicyclic) bond motifs is 3. The molecule has 1 aliphatic carbocycles. The number of ether oxygens (including phenoxy) is 1. The zero-order valence-electron chi connectivity index (χ0n) is 17.9. The molecular formula is C23H27N3O6. The van der Waals surface area contributed by atoms with Crippen molar-refractivity contribution in [1.29, 1.82) is 0 Å². The number of amides is 2. The minimum absolute atomic E-state index is 0.105. The number of carbonyl (C=O) groups excluding carboxylic acids is 2. The number of carboxylic acids is 1. The Morgan fingerprint density at radius 3 is 2.12 bits per heavy atom. The molecule has 0 fully saturated rings. The second-order valence-corrected chi connectivity index (χ2v) is 7.88. The minimum Gasteiger partial charge on any atom is -0.479 e. The third-order valence-corrected chi connectivity index (χ3v) is 5.25. The molecule has 3 rings (SSSR count). The van der Waals surface area contributed by atoms with Gasteiger partial charge in [0.05, 0.1) is 6.54 Å². The van der Waals surface area contributed by atoms with Crippen molar-refractivity contribution >= 4 is 18.0 Å². The van der Waals surface area contributed by atoms with Gasteiger partial charge in [0, 0.05) is 12.5 Å². The number of hydrogen-bond acceptors (Lipinski definition) is 6. The van der Waals surface area contributed by atoms with Crippen molar-refractivity contribution in [2.75, 3.05) is 33.8 Å². The molecule has 170 valence electrons. The SMILES string of the molecule is CN(C)CC(NC(=O)OCC1c2ccccc2-c2ccccc21)C(=O)NCC(O)C(=O)O. The van der Waals surface area contributed by atoms with Crippen LogP contribution in [0.5, 0.6) is 0 Å². The molecule has 2 aromatic rings. The number of aliphatic hydroxyl groups is 1. The lowest BCUT2D eigenvalue weighted by atomic mass is 9.98. The van der Waals surface area contributed by atoms with E-state index in [9.17, 15) is 19.5 Å². The van der Waals surface area contributed by atoms with Crippen LogP contribution in [0.1, 0.15) is 17.0 Å². The van der Waals surface area contributed by atoms with Gasteiger partial charge in [0.1, 0.15) is 12.6 Å². The van der Waals surface area contributed by atoms with Gasteiger partial charge in [-0.1, -0.05) is 48.5 Å². The maximum atomic E-state index is 12.5. The summed E-state index contributed by atoms with van der Waals surface area (Å²) in [6.07, 6.45) is -2.49. The van der Waals surface area contributed by atoms with Crippen LogP contribution in [0.2, 0.25) is 0 Å². The van der Waals surface area contributed by atoms with Gasteiger partial charge in [0.15, 0.2) is 6.10 Å². The van der Waals surface area contributed by atoms with Crippen LogP contribution in [0, 0.1) is 0 Å². The highest BCUT2D eigenvalue weighted by molar-refractivity contribution is 5.86. The number of aliphatic hydroxyl groups excluding tert-OH is 1. The van der Waals surface area contributed by atoms with Gasteiger partial charge in [-0.05, 0) is 36.3 Å². The first-order valence-corrected chi connectivity index (χ1v) is 10.2. The highest BCUT2D eigenvalue weighted by atomic mass is 16.5. The lowest BCUT2D eigenvalue weighted by molar-refractivity contribution is -0.146. The molecule has 0 bridgehead atoms. The number of carboxylic acid groups (broad SMARTS) is 1. The van der Waals surface area contributed by atoms with Gasteiger partial charge < -0.3 is 30.5 Å². The van der Waals surface area contributed by atoms with Gasteiger partial charge >= 0.3 is 12.1 Å². The Bertz CT molecular complexity index is 948. The average Bonchev–Trinajstić information content (AvgIpc) is 3.08. The van der Waals surface area contributed by atoms with E-state index in [2.05, 4.69) is 10.6 Å². The van der Waals surface area contributed by atoms with E-state index in [1.165, 1.54) is 0 Å². The quantitative estimate of drug-likeness (QED) is 0.457. The van der Waals surface area contributed by atoms with Crippen molar-refractivity contribution in [3.8, 4) is 11.1 Å². The van der Waals surface area contributed by atoms with E-state index in [1.807, 2.05) is 48.5 Å². The summed E-state index contributed by atoms with van der Waals surface area (Å²) in [5.41, 5.74) is 4.37. The normalized spacial score (nSPS) is 14.2. The Balaban J connectivity index is 1.63. The number of hydrogen-bond donors (Lipinski definition) is 4. The first kappa shape index (κ1) is 23.2. The molecule has 2 unspecified atom stereocenters. The molecule has 0 radical (unpaired) electrons. The van der Waals surface area contributed by atoms with E-state index < -0.39 is 36.7 Å². The van der Waals surface area contributed by atoms with Crippen molar-refractivity contribution in [2.24, 2.45) is 0 Å². The van der Waals surface area contributed by atoms with E-state index >= 15 is 0 Å². The van der Waals surface area contributed by atoms with Crippen LogP contribution in [-0.4, -0.2) is 79.0 Å². The predicted molar refractivity (Wildman–Crippen MR) is 117 cm³/mol. The van der Waals surface area contributed by atoms with Crippen molar-refractivity contribution in [3.63, 3.8) is 0 Å². The summed E-state index contributed by atoms with van der Waals surface area (Å²) in [6, 6.07) is 14.9. The molecule has 1 aliphatic rings. The lowest BCUT2D eigenvalue weighted by Crippen LogP contribution is -2.53. The summed E-state index contributed by atoms with van der Waals surface area (Å²) in [5, 5.41) is 22.9. The van der Waals surface area contributed by atoms with Crippen LogP contribution in [0.25, 0.3) is 11.1 Å². The number of benzene rings is 2. The zero-order chi connectivity index (χ0) is 23.3. The maximum absolute atomic E-state index is 12.5. The van der Waals surface area contributed by atoms with Crippen LogP contribution >= 0.6 is 0 Å². The van der Waals surface area contributed by atoms with Crippen LogP contribution in [-0.2, 0) is 14.3 Å². The van der Waals surface area contributed by atoms with Crippen LogP contribution in [0.4, 0.5) is 4.79 Å². The van der Waals surface area contributed by atoms with E-state index in [0.29, 0.717) is 0 Å². The number of nitrogens with one attached hydrogen (secondary N) is 2. The number of rotatable bonds is 9. The fraction of sp³-hybridized carbons (Fsp3) is 0.348. The molecular weight excluding hydrogens is 414 g/mol. The molecule has 9 heteroatoms. The molecule has 2 atom stereocenters. The summed E-state index contributed by atoms with van der Waals surface area (Å²) in [7, 11) is 3.46. The van der Waals surface area contributed by atoms with E-state index in [0.717, 1.165) is 22.3 Å². The van der Waals surface area contributed by atoms with Crippen LogP contribution < -0.4 is 10.6 Å². The Morgan fingerprint density at radius 2 is 1.59 bits per heavy atom. The van der Waals surface area contributed by atoms with Crippen molar-refractivity contribution in [2.45, 2.75) is 18.1 Å². The number of alkyl carbamates (subject to hydrolysis) is 1. The standard InChI is InChI=1S/C23H27N3O6/c1-26(2)12-19(21(28)24-11-20(27)22(29)30)25-23(31)32-13-18-16-9-5-3-7-14(16)15-8-4-6-10-17(15)18/h3-10,18-20,27H,11-13H2,1-2H3,(H,24,28)(H,25,31)(H,29,30). The summed E-state index contributed by atoms with van der Waals surface area (Å²) >= 11 is 0. The van der Waals surface area contributed by atoms with Gasteiger partial charge in [-0.25, -0.2) is 9.59 Å². The highest BCUT2D eigenvalue weighted by Crippen LogP contribution is 2.44. The predicted octanol–water partition coefficient (Wildman–Crippen LogP) is 1.02. The summed E-state index contributed by atoms with van der Waals surface area (Å²) < 4.78 is 5.47. The molecule has 0 aromatic heterocycles. The lowest BCUT2D eigenvalue weighted by Gasteiger charge is -2.22. The molecule has 2 aromatic carbocycles. The largest absolute Gasteiger partial charge is 0.479 e. The Labute approximate surface area is 186 Å². The minimum atomic E-state index is -1.73. The first-order valence-electron chi connectivity index (χ1n) is 10.2. The Morgan fingerprint density at radius 1 is 1.03 bits per heavy atom. The van der Waals surface area contributed by atoms with Gasteiger partial charge in [-0.2, -0.15) is 0 Å². The van der Waals surface area contributed by atoms with Crippen molar-refractivity contribution < 1.29 is 29.3 Å². The molecule has 0 saturated carbocycles. The van der Waals surface area contributed by atoms with Gasteiger partial charge in [-0.3, -0.25) is 4.79 Å². The Kier molecular flexibility index (Phi) is 7.45. The number of carbonyl (C=O) groups is 3. The number of likely N-dealkylation sites (N-methyl/N-ethyl adjacent to an activating group) is 1. The summed E-state index contributed by atoms with van der Waals surface area (Å²) in [6.45, 7) is -0.197. The zero-order valence-corrected chi connectivity index (χ0v) is 17.9. The monoisotopic (exact) mass is 441 g/mol. The average molecular weight is 441 g/mol. The van der Waals surface area contributed by atoms with Crippen molar-refractivity contribution in [1.82, 2.24) is 15.5 Å². The third-order valence-electron chi connectivity index (χ3n) is 5.25. The van der Waals surface area contributed by atoms with Crippen LogP contribution in [0.3, 0.4) is 0 Å². The molecule has 0 aliphatic heterocycles. The van der Waals surface area contributed by atoms with Gasteiger partial charge in [0.2, 0.25) is 5.91 Å². The molecule has 32 heavy (non-hydrogen) atoms. The highest BCUT2D eigenvalue weighted by Gasteiger charge is 2.30. The summed E-state index contributed by atoms with van der Waals surface area (Å²) in [4.78, 5) is 37.3. The fourth-order valence-corrected chi connectivity index (χ4v) is 3.75. The molecule has 4 N–H and O–H groups in total. The molecule has 0 spiro atoms. The fourth-order valence-electron chi connectivity index (χ4n) is 3.75. The maximum Gasteiger partial charge on any atom is 0.407 e. The number of aliphatic carboxylic acids is 1. The van der Waals surface area contributed by atoms with E-state index in [4.69, 9.17) is 9.84 Å². The summed E-state index contributed by atoms with van der Waals surface area (Å²) in [5.74, 6) is -2.17. The van der Waals surface area contributed by atoms with E-state index in [-0.39, 0.29) is 19.1 Å². The molecule has 2 amide bonds. The second kappa shape index (κ2) is 10.3. The first-order chi connectivity index (χ1) is 15.3. The van der Waals surface area contributed by atoms with Gasteiger partial charge in [0.25, 0.3) is 0 Å². The number of nitrogens with zero attached hydrogens (tertiary/aromatic N) is 1.